The molecule has 0 fully saturated rings. The van der Waals surface area contributed by atoms with E-state index in [1.165, 1.54) is 16.6 Å². The van der Waals surface area contributed by atoms with E-state index in [9.17, 15) is 4.79 Å². The highest BCUT2D eigenvalue weighted by atomic mass is 32.2. The van der Waals surface area contributed by atoms with Crippen molar-refractivity contribution < 1.29 is 0 Å². The molecule has 3 aromatic rings. The Bertz CT molecular complexity index is 983. The SMILES string of the molecule is N#CCSc1nc2c(=O)c3c(sc2n1-c1ccccc1)CCC3. The van der Waals surface area contributed by atoms with Crippen LogP contribution in [0.3, 0.4) is 0 Å². The molecule has 2 heterocycles. The average Bonchev–Trinajstić information content (AvgIpc) is 3.18. The van der Waals surface area contributed by atoms with Crippen molar-refractivity contribution in [3.05, 3.63) is 51.0 Å². The summed E-state index contributed by atoms with van der Waals surface area (Å²) in [5.41, 5.74) is 2.53. The monoisotopic (exact) mass is 339 g/mol. The lowest BCUT2D eigenvalue weighted by Crippen LogP contribution is -2.07. The van der Waals surface area contributed by atoms with E-state index in [1.807, 2.05) is 34.9 Å². The number of hydrogen-bond acceptors (Lipinski definition) is 5. The lowest BCUT2D eigenvalue weighted by molar-refractivity contribution is 0.911. The van der Waals surface area contributed by atoms with Crippen LogP contribution in [-0.2, 0) is 12.8 Å². The molecule has 0 radical (unpaired) electrons. The molecule has 0 saturated heterocycles. The Kier molecular flexibility index (Phi) is 3.68. The molecule has 0 saturated carbocycles. The molecule has 0 amide bonds. The van der Waals surface area contributed by atoms with Gasteiger partial charge in [0.2, 0.25) is 5.43 Å². The molecule has 4 rings (SSSR count). The largest absolute Gasteiger partial charge is 0.287 e. The van der Waals surface area contributed by atoms with Gasteiger partial charge >= 0.3 is 0 Å². The van der Waals surface area contributed by atoms with Crippen LogP contribution in [-0.4, -0.2) is 15.3 Å². The molecule has 1 aliphatic carbocycles. The van der Waals surface area contributed by atoms with Gasteiger partial charge in [-0.1, -0.05) is 30.0 Å². The van der Waals surface area contributed by atoms with Crippen molar-refractivity contribution in [2.45, 2.75) is 24.4 Å². The standard InChI is InChI=1S/C17H13N3OS2/c18-9-10-22-17-19-14-15(21)12-7-4-8-13(12)23-16(14)20(17)11-5-2-1-3-6-11/h1-3,5-6H,4,7-8,10H2. The highest BCUT2D eigenvalue weighted by Gasteiger charge is 2.23. The zero-order chi connectivity index (χ0) is 15.8. The number of aryl methyl sites for hydroxylation is 1. The highest BCUT2D eigenvalue weighted by molar-refractivity contribution is 7.99. The smallest absolute Gasteiger partial charge is 0.211 e. The van der Waals surface area contributed by atoms with E-state index >= 15 is 0 Å². The minimum absolute atomic E-state index is 0.0692. The maximum absolute atomic E-state index is 12.7. The normalized spacial score (nSPS) is 13.2. The first-order valence-corrected chi connectivity index (χ1v) is 9.22. The third-order valence-electron chi connectivity index (χ3n) is 3.96. The Hall–Kier alpha value is -2.10. The molecule has 1 aromatic carbocycles. The summed E-state index contributed by atoms with van der Waals surface area (Å²) >= 11 is 3.04. The van der Waals surface area contributed by atoms with Crippen LogP contribution in [0.5, 0.6) is 0 Å². The molecule has 4 nitrogen and oxygen atoms in total. The van der Waals surface area contributed by atoms with Gasteiger partial charge in [-0.05, 0) is 31.4 Å². The molecule has 0 unspecified atom stereocenters. The molecule has 6 heteroatoms. The van der Waals surface area contributed by atoms with E-state index in [4.69, 9.17) is 5.26 Å². The number of para-hydroxylation sites is 1. The molecular formula is C17H13N3OS2. The summed E-state index contributed by atoms with van der Waals surface area (Å²) in [4.78, 5) is 19.4. The second-order valence-electron chi connectivity index (χ2n) is 5.35. The zero-order valence-corrected chi connectivity index (χ0v) is 13.9. The van der Waals surface area contributed by atoms with E-state index in [-0.39, 0.29) is 5.43 Å². The number of nitriles is 1. The minimum atomic E-state index is 0.0692. The lowest BCUT2D eigenvalue weighted by Gasteiger charge is -2.07. The second-order valence-corrected chi connectivity index (χ2v) is 7.38. The van der Waals surface area contributed by atoms with Crippen molar-refractivity contribution in [3.8, 4) is 11.8 Å². The maximum Gasteiger partial charge on any atom is 0.211 e. The van der Waals surface area contributed by atoms with E-state index < -0.39 is 0 Å². The van der Waals surface area contributed by atoms with E-state index in [1.54, 1.807) is 11.3 Å². The quantitative estimate of drug-likeness (QED) is 0.685. The van der Waals surface area contributed by atoms with Crippen molar-refractivity contribution in [3.63, 3.8) is 0 Å². The predicted molar refractivity (Wildman–Crippen MR) is 93.6 cm³/mol. The summed E-state index contributed by atoms with van der Waals surface area (Å²) in [6.45, 7) is 0. The topological polar surface area (TPSA) is 58.7 Å². The molecule has 0 bridgehead atoms. The number of nitrogens with zero attached hydrogens (tertiary/aromatic N) is 3. The Morgan fingerprint density at radius 1 is 1.30 bits per heavy atom. The summed E-state index contributed by atoms with van der Waals surface area (Å²) in [6, 6.07) is 12.0. The van der Waals surface area contributed by atoms with Crippen molar-refractivity contribution in [2.75, 3.05) is 5.75 Å². The fourth-order valence-electron chi connectivity index (χ4n) is 2.95. The van der Waals surface area contributed by atoms with Gasteiger partial charge in [-0.2, -0.15) is 5.26 Å². The lowest BCUT2D eigenvalue weighted by atomic mass is 10.2. The third kappa shape index (κ3) is 2.37. The van der Waals surface area contributed by atoms with E-state index in [0.29, 0.717) is 16.4 Å². The average molecular weight is 339 g/mol. The van der Waals surface area contributed by atoms with Crippen LogP contribution in [0.25, 0.3) is 16.0 Å². The van der Waals surface area contributed by atoms with Gasteiger partial charge in [0.05, 0.1) is 11.8 Å². The molecule has 0 spiro atoms. The first-order chi connectivity index (χ1) is 11.3. The molecule has 0 N–H and O–H groups in total. The van der Waals surface area contributed by atoms with Crippen molar-refractivity contribution in [2.24, 2.45) is 0 Å². The van der Waals surface area contributed by atoms with Crippen LogP contribution in [0.2, 0.25) is 0 Å². The number of rotatable bonds is 3. The van der Waals surface area contributed by atoms with Gasteiger partial charge in [0.25, 0.3) is 0 Å². The van der Waals surface area contributed by atoms with Crippen molar-refractivity contribution in [1.82, 2.24) is 9.55 Å². The Labute approximate surface area is 141 Å². The van der Waals surface area contributed by atoms with E-state index in [0.717, 1.165) is 35.3 Å². The number of hydrogen-bond donors (Lipinski definition) is 0. The van der Waals surface area contributed by atoms with E-state index in [2.05, 4.69) is 11.1 Å². The highest BCUT2D eigenvalue weighted by Crippen LogP contribution is 2.33. The third-order valence-corrected chi connectivity index (χ3v) is 6.03. The van der Waals surface area contributed by atoms with Gasteiger partial charge in [0, 0.05) is 16.1 Å². The fraction of sp³-hybridized carbons (Fsp3) is 0.235. The van der Waals surface area contributed by atoms with Gasteiger partial charge in [0.1, 0.15) is 10.3 Å². The van der Waals surface area contributed by atoms with Gasteiger partial charge in [-0.15, -0.1) is 11.3 Å². The minimum Gasteiger partial charge on any atom is -0.287 e. The number of benzene rings is 1. The summed E-state index contributed by atoms with van der Waals surface area (Å²) in [7, 11) is 0. The fourth-order valence-corrected chi connectivity index (χ4v) is 5.00. The van der Waals surface area contributed by atoms with Crippen molar-refractivity contribution >= 4 is 33.4 Å². The van der Waals surface area contributed by atoms with Crippen LogP contribution < -0.4 is 5.43 Å². The predicted octanol–water partition coefficient (Wildman–Crippen LogP) is 3.55. The maximum atomic E-state index is 12.7. The molecule has 2 aromatic heterocycles. The number of aromatic nitrogens is 2. The summed E-state index contributed by atoms with van der Waals surface area (Å²) < 4.78 is 2.02. The number of imidazole rings is 1. The molecular weight excluding hydrogens is 326 g/mol. The van der Waals surface area contributed by atoms with Crippen LogP contribution in [0, 0.1) is 11.3 Å². The van der Waals surface area contributed by atoms with Crippen LogP contribution in [0.4, 0.5) is 0 Å². The molecule has 0 aliphatic heterocycles. The first-order valence-electron chi connectivity index (χ1n) is 7.42. The van der Waals surface area contributed by atoms with Crippen LogP contribution in [0.15, 0.2) is 40.3 Å². The molecule has 1 aliphatic rings. The molecule has 23 heavy (non-hydrogen) atoms. The van der Waals surface area contributed by atoms with Gasteiger partial charge < -0.3 is 0 Å². The zero-order valence-electron chi connectivity index (χ0n) is 12.3. The molecule has 114 valence electrons. The Balaban J connectivity index is 2.03. The van der Waals surface area contributed by atoms with Gasteiger partial charge in [0.15, 0.2) is 5.16 Å². The first kappa shape index (κ1) is 14.5. The summed E-state index contributed by atoms with van der Waals surface area (Å²) in [6.07, 6.45) is 2.89. The van der Waals surface area contributed by atoms with Gasteiger partial charge in [-0.3, -0.25) is 9.36 Å². The Morgan fingerprint density at radius 2 is 2.13 bits per heavy atom. The number of fused-ring (bicyclic) bond motifs is 2. The van der Waals surface area contributed by atoms with Gasteiger partial charge in [-0.25, -0.2) is 4.98 Å². The molecule has 0 atom stereocenters. The van der Waals surface area contributed by atoms with Crippen LogP contribution >= 0.6 is 23.1 Å². The summed E-state index contributed by atoms with van der Waals surface area (Å²) in [5.74, 6) is 0.314. The second kappa shape index (κ2) is 5.84. The Morgan fingerprint density at radius 3 is 2.91 bits per heavy atom. The van der Waals surface area contributed by atoms with Crippen LogP contribution in [0.1, 0.15) is 16.9 Å². The van der Waals surface area contributed by atoms with Crippen molar-refractivity contribution in [1.29, 1.82) is 5.26 Å². The summed E-state index contributed by atoms with van der Waals surface area (Å²) in [5, 5.41) is 9.60. The number of thioether (sulfide) groups is 1.